The lowest BCUT2D eigenvalue weighted by Gasteiger charge is -2.06. The Morgan fingerprint density at radius 2 is 2.22 bits per heavy atom. The monoisotopic (exact) mass is 306 g/mol. The predicted octanol–water partition coefficient (Wildman–Crippen LogP) is 3.10. The van der Waals surface area contributed by atoms with Crippen LogP contribution in [-0.2, 0) is 11.3 Å². The first-order chi connectivity index (χ1) is 8.70. The second-order valence-corrected chi connectivity index (χ2v) is 4.44. The van der Waals surface area contributed by atoms with Crippen LogP contribution < -0.4 is 0 Å². The molecule has 0 saturated heterocycles. The first-order valence-corrected chi connectivity index (χ1v) is 6.30. The number of hydrogen-bond donors (Lipinski definition) is 0. The number of para-hydroxylation sites is 1. The van der Waals surface area contributed by atoms with E-state index in [1.807, 2.05) is 24.3 Å². The number of nitrogens with zero attached hydrogens (tertiary/aromatic N) is 2. The van der Waals surface area contributed by atoms with Gasteiger partial charge in [0.15, 0.2) is 0 Å². The van der Waals surface area contributed by atoms with E-state index in [1.54, 1.807) is 11.5 Å². The minimum atomic E-state index is -0.421. The van der Waals surface area contributed by atoms with E-state index in [1.165, 1.54) is 0 Å². The number of nitriles is 1. The van der Waals surface area contributed by atoms with E-state index in [0.717, 1.165) is 10.9 Å². The van der Waals surface area contributed by atoms with Crippen molar-refractivity contribution in [3.8, 4) is 6.07 Å². The Morgan fingerprint density at radius 3 is 2.89 bits per heavy atom. The molecular weight excluding hydrogens is 296 g/mol. The summed E-state index contributed by atoms with van der Waals surface area (Å²) in [5.74, 6) is -0.421. The summed E-state index contributed by atoms with van der Waals surface area (Å²) in [5.41, 5.74) is 1.23. The summed E-state index contributed by atoms with van der Waals surface area (Å²) in [4.78, 5) is 11.9. The maximum atomic E-state index is 11.9. The van der Waals surface area contributed by atoms with Crippen molar-refractivity contribution in [3.63, 3.8) is 0 Å². The summed E-state index contributed by atoms with van der Waals surface area (Å²) in [6.07, 6.45) is 0. The molecule has 0 N–H and O–H groups in total. The average Bonchev–Trinajstić information content (AvgIpc) is 2.65. The number of halogens is 1. The van der Waals surface area contributed by atoms with Crippen molar-refractivity contribution >= 4 is 32.8 Å². The quantitative estimate of drug-likeness (QED) is 0.819. The van der Waals surface area contributed by atoms with Crippen molar-refractivity contribution in [1.82, 2.24) is 4.57 Å². The van der Waals surface area contributed by atoms with Crippen molar-refractivity contribution in [3.05, 3.63) is 34.4 Å². The van der Waals surface area contributed by atoms with Crippen LogP contribution in [0.25, 0.3) is 10.9 Å². The van der Waals surface area contributed by atoms with Gasteiger partial charge in [0.25, 0.3) is 0 Å². The molecular formula is C13H11BrN2O2. The van der Waals surface area contributed by atoms with Gasteiger partial charge in [-0.1, -0.05) is 18.2 Å². The third kappa shape index (κ3) is 2.00. The summed E-state index contributed by atoms with van der Waals surface area (Å²) in [6.45, 7) is 2.17. The Morgan fingerprint density at radius 1 is 1.50 bits per heavy atom. The van der Waals surface area contributed by atoms with Crippen molar-refractivity contribution in [2.75, 3.05) is 6.61 Å². The number of carbonyl (C=O) groups excluding carboxylic acids is 1. The normalized spacial score (nSPS) is 10.3. The lowest BCUT2D eigenvalue weighted by Crippen LogP contribution is -2.12. The lowest BCUT2D eigenvalue weighted by atomic mass is 10.2. The first kappa shape index (κ1) is 12.7. The Balaban J connectivity index is 2.70. The minimum absolute atomic E-state index is 0.111. The molecule has 0 atom stereocenters. The molecule has 5 heteroatoms. The number of ether oxygens (including phenoxy) is 1. The van der Waals surface area contributed by atoms with Crippen molar-refractivity contribution in [1.29, 1.82) is 5.26 Å². The SMILES string of the molecule is CCOC(=O)c1c(Br)c2ccccc2n1CC#N. The van der Waals surface area contributed by atoms with E-state index in [2.05, 4.69) is 22.0 Å². The van der Waals surface area contributed by atoms with Crippen molar-refractivity contribution < 1.29 is 9.53 Å². The molecule has 18 heavy (non-hydrogen) atoms. The molecule has 92 valence electrons. The summed E-state index contributed by atoms with van der Waals surface area (Å²) < 4.78 is 7.36. The molecule has 1 aromatic carbocycles. The highest BCUT2D eigenvalue weighted by Gasteiger charge is 2.21. The largest absolute Gasteiger partial charge is 0.461 e. The fourth-order valence-electron chi connectivity index (χ4n) is 1.90. The molecule has 0 aliphatic rings. The molecule has 0 unspecified atom stereocenters. The summed E-state index contributed by atoms with van der Waals surface area (Å²) in [7, 11) is 0. The van der Waals surface area contributed by atoms with Gasteiger partial charge in [0, 0.05) is 5.39 Å². The highest BCUT2D eigenvalue weighted by Crippen LogP contribution is 2.31. The van der Waals surface area contributed by atoms with Gasteiger partial charge in [0.2, 0.25) is 0 Å². The van der Waals surface area contributed by atoms with Gasteiger partial charge in [-0.05, 0) is 28.9 Å². The summed E-state index contributed by atoms with van der Waals surface area (Å²) >= 11 is 3.41. The molecule has 0 amide bonds. The van der Waals surface area contributed by atoms with E-state index < -0.39 is 5.97 Å². The van der Waals surface area contributed by atoms with Crippen LogP contribution in [0.1, 0.15) is 17.4 Å². The zero-order valence-electron chi connectivity index (χ0n) is 9.81. The molecule has 0 radical (unpaired) electrons. The van der Waals surface area contributed by atoms with Gasteiger partial charge in [0.1, 0.15) is 12.2 Å². The molecule has 0 aliphatic carbocycles. The van der Waals surface area contributed by atoms with Gasteiger partial charge in [-0.25, -0.2) is 4.79 Å². The Bertz CT molecular complexity index is 640. The second-order valence-electron chi connectivity index (χ2n) is 3.64. The van der Waals surface area contributed by atoms with Gasteiger partial charge in [-0.15, -0.1) is 0 Å². The highest BCUT2D eigenvalue weighted by molar-refractivity contribution is 9.10. The molecule has 0 fully saturated rings. The smallest absolute Gasteiger partial charge is 0.356 e. The van der Waals surface area contributed by atoms with Gasteiger partial charge in [0.05, 0.1) is 22.7 Å². The number of carbonyl (C=O) groups is 1. The van der Waals surface area contributed by atoms with Crippen LogP contribution in [0.2, 0.25) is 0 Å². The zero-order chi connectivity index (χ0) is 13.1. The van der Waals surface area contributed by atoms with E-state index in [0.29, 0.717) is 16.8 Å². The zero-order valence-corrected chi connectivity index (χ0v) is 11.4. The van der Waals surface area contributed by atoms with Crippen molar-refractivity contribution in [2.24, 2.45) is 0 Å². The van der Waals surface area contributed by atoms with Crippen LogP contribution in [0.15, 0.2) is 28.7 Å². The third-order valence-electron chi connectivity index (χ3n) is 2.61. The summed E-state index contributed by atoms with van der Waals surface area (Å²) in [6, 6.07) is 9.60. The predicted molar refractivity (Wildman–Crippen MR) is 71.2 cm³/mol. The molecule has 1 aromatic heterocycles. The number of hydrogen-bond acceptors (Lipinski definition) is 3. The second kappa shape index (κ2) is 5.23. The number of aromatic nitrogens is 1. The van der Waals surface area contributed by atoms with Crippen LogP contribution in [-0.4, -0.2) is 17.1 Å². The van der Waals surface area contributed by atoms with Gasteiger partial charge < -0.3 is 9.30 Å². The van der Waals surface area contributed by atoms with Crippen LogP contribution in [0.5, 0.6) is 0 Å². The Labute approximate surface area is 113 Å². The van der Waals surface area contributed by atoms with Crippen LogP contribution in [0.4, 0.5) is 0 Å². The van der Waals surface area contributed by atoms with Crippen LogP contribution in [0, 0.1) is 11.3 Å². The van der Waals surface area contributed by atoms with E-state index in [9.17, 15) is 4.79 Å². The Hall–Kier alpha value is -1.80. The molecule has 0 saturated carbocycles. The molecule has 0 spiro atoms. The topological polar surface area (TPSA) is 55.0 Å². The van der Waals surface area contributed by atoms with Crippen LogP contribution in [0.3, 0.4) is 0 Å². The molecule has 4 nitrogen and oxygen atoms in total. The number of esters is 1. The standard InChI is InChI=1S/C13H11BrN2O2/c1-2-18-13(17)12-11(14)9-5-3-4-6-10(9)16(12)8-7-15/h3-6H,2,8H2,1H3. The fourth-order valence-corrected chi connectivity index (χ4v) is 2.61. The maximum Gasteiger partial charge on any atom is 0.356 e. The molecule has 1 heterocycles. The molecule has 0 bridgehead atoms. The molecule has 0 aliphatic heterocycles. The van der Waals surface area contributed by atoms with E-state index >= 15 is 0 Å². The number of rotatable bonds is 3. The van der Waals surface area contributed by atoms with E-state index in [4.69, 9.17) is 10.00 Å². The highest BCUT2D eigenvalue weighted by atomic mass is 79.9. The molecule has 2 rings (SSSR count). The maximum absolute atomic E-state index is 11.9. The summed E-state index contributed by atoms with van der Waals surface area (Å²) in [5, 5.41) is 9.79. The average molecular weight is 307 g/mol. The minimum Gasteiger partial charge on any atom is -0.461 e. The fraction of sp³-hybridized carbons (Fsp3) is 0.231. The van der Waals surface area contributed by atoms with Gasteiger partial charge >= 0.3 is 5.97 Å². The van der Waals surface area contributed by atoms with Crippen molar-refractivity contribution in [2.45, 2.75) is 13.5 Å². The molecule has 2 aromatic rings. The lowest BCUT2D eigenvalue weighted by molar-refractivity contribution is 0.0514. The third-order valence-corrected chi connectivity index (χ3v) is 3.41. The first-order valence-electron chi connectivity index (χ1n) is 5.51. The van der Waals surface area contributed by atoms with Gasteiger partial charge in [-0.2, -0.15) is 5.26 Å². The van der Waals surface area contributed by atoms with E-state index in [-0.39, 0.29) is 6.54 Å². The van der Waals surface area contributed by atoms with Gasteiger partial charge in [-0.3, -0.25) is 0 Å². The van der Waals surface area contributed by atoms with Crippen LogP contribution >= 0.6 is 15.9 Å². The number of benzene rings is 1. The number of fused-ring (bicyclic) bond motifs is 1. The Kier molecular flexibility index (Phi) is 3.68.